The van der Waals surface area contributed by atoms with Crippen LogP contribution in [0.2, 0.25) is 0 Å². The molecule has 0 amide bonds. The number of hydrogen-bond donors (Lipinski definition) is 1. The van der Waals surface area contributed by atoms with Gasteiger partial charge in [-0.1, -0.05) is 32.6 Å². The molecule has 1 unspecified atom stereocenters. The SMILES string of the molecule is CCS(=O)(=O)CC(C)N[C@@H](C)C1CCCCCC1. The fraction of sp³-hybridized carbons (Fsp3) is 1.00. The lowest BCUT2D eigenvalue weighted by Gasteiger charge is -2.27. The van der Waals surface area contributed by atoms with E-state index < -0.39 is 9.84 Å². The van der Waals surface area contributed by atoms with Gasteiger partial charge < -0.3 is 5.32 Å². The normalized spacial score (nSPS) is 22.4. The second-order valence-corrected chi connectivity index (χ2v) is 8.20. The summed E-state index contributed by atoms with van der Waals surface area (Å²) in [5.74, 6) is 1.23. The smallest absolute Gasteiger partial charge is 0.151 e. The molecule has 1 fully saturated rings. The van der Waals surface area contributed by atoms with Crippen molar-refractivity contribution < 1.29 is 8.42 Å². The monoisotopic (exact) mass is 275 g/mol. The first kappa shape index (κ1) is 16.0. The minimum absolute atomic E-state index is 0.0632. The molecule has 4 heteroatoms. The first-order chi connectivity index (χ1) is 8.44. The molecule has 0 heterocycles. The molecule has 1 aliphatic carbocycles. The molecule has 1 rings (SSSR count). The van der Waals surface area contributed by atoms with E-state index in [2.05, 4.69) is 12.2 Å². The Bertz CT molecular complexity index is 319. The summed E-state index contributed by atoms with van der Waals surface area (Å²) in [5.41, 5.74) is 0. The van der Waals surface area contributed by atoms with Gasteiger partial charge in [-0.2, -0.15) is 0 Å². The van der Waals surface area contributed by atoms with Gasteiger partial charge in [0.05, 0.1) is 5.75 Å². The lowest BCUT2D eigenvalue weighted by atomic mass is 9.92. The van der Waals surface area contributed by atoms with Crippen molar-refractivity contribution in [1.29, 1.82) is 0 Å². The molecule has 3 nitrogen and oxygen atoms in total. The van der Waals surface area contributed by atoms with Crippen LogP contribution in [0, 0.1) is 5.92 Å². The molecule has 0 bridgehead atoms. The Kier molecular flexibility index (Phi) is 6.64. The number of hydrogen-bond acceptors (Lipinski definition) is 3. The third kappa shape index (κ3) is 5.70. The van der Waals surface area contributed by atoms with Crippen molar-refractivity contribution in [3.63, 3.8) is 0 Å². The number of rotatable bonds is 6. The topological polar surface area (TPSA) is 46.2 Å². The number of sulfone groups is 1. The second kappa shape index (κ2) is 7.49. The van der Waals surface area contributed by atoms with Crippen LogP contribution < -0.4 is 5.32 Å². The van der Waals surface area contributed by atoms with E-state index in [4.69, 9.17) is 0 Å². The van der Waals surface area contributed by atoms with Crippen LogP contribution in [0.5, 0.6) is 0 Å². The molecule has 0 radical (unpaired) electrons. The Hall–Kier alpha value is -0.0900. The van der Waals surface area contributed by atoms with E-state index in [-0.39, 0.29) is 17.5 Å². The average molecular weight is 275 g/mol. The van der Waals surface area contributed by atoms with Gasteiger partial charge in [-0.05, 0) is 32.6 Å². The zero-order chi connectivity index (χ0) is 13.6. The van der Waals surface area contributed by atoms with Crippen LogP contribution in [-0.2, 0) is 9.84 Å². The third-order valence-electron chi connectivity index (χ3n) is 4.10. The highest BCUT2D eigenvalue weighted by Gasteiger charge is 2.22. The summed E-state index contributed by atoms with van der Waals surface area (Å²) in [5, 5.41) is 3.49. The van der Waals surface area contributed by atoms with Crippen LogP contribution in [0.4, 0.5) is 0 Å². The van der Waals surface area contributed by atoms with Crippen LogP contribution in [0.15, 0.2) is 0 Å². The maximum Gasteiger partial charge on any atom is 0.151 e. The van der Waals surface area contributed by atoms with Gasteiger partial charge in [0.15, 0.2) is 9.84 Å². The van der Waals surface area contributed by atoms with Gasteiger partial charge in [0.1, 0.15) is 0 Å². The van der Waals surface area contributed by atoms with Crippen LogP contribution in [0.3, 0.4) is 0 Å². The van der Waals surface area contributed by atoms with Gasteiger partial charge in [0.25, 0.3) is 0 Å². The molecular formula is C14H29NO2S. The highest BCUT2D eigenvalue weighted by molar-refractivity contribution is 7.91. The summed E-state index contributed by atoms with van der Waals surface area (Å²) in [6.45, 7) is 5.92. The van der Waals surface area contributed by atoms with Crippen molar-refractivity contribution in [1.82, 2.24) is 5.32 Å². The van der Waals surface area contributed by atoms with Gasteiger partial charge in [-0.25, -0.2) is 8.42 Å². The van der Waals surface area contributed by atoms with Gasteiger partial charge in [0.2, 0.25) is 0 Å². The van der Waals surface area contributed by atoms with Crippen molar-refractivity contribution in [2.24, 2.45) is 5.92 Å². The first-order valence-electron chi connectivity index (χ1n) is 7.41. The summed E-state index contributed by atoms with van der Waals surface area (Å²) in [7, 11) is -2.86. The van der Waals surface area contributed by atoms with Crippen molar-refractivity contribution in [3.8, 4) is 0 Å². The molecule has 18 heavy (non-hydrogen) atoms. The molecule has 0 saturated heterocycles. The summed E-state index contributed by atoms with van der Waals surface area (Å²) in [4.78, 5) is 0. The van der Waals surface area contributed by atoms with Gasteiger partial charge in [-0.3, -0.25) is 0 Å². The Labute approximate surface area is 113 Å². The van der Waals surface area contributed by atoms with E-state index in [1.54, 1.807) is 6.92 Å². The van der Waals surface area contributed by atoms with Gasteiger partial charge in [0, 0.05) is 17.8 Å². The maximum absolute atomic E-state index is 11.6. The zero-order valence-electron chi connectivity index (χ0n) is 12.1. The predicted molar refractivity (Wildman–Crippen MR) is 77.6 cm³/mol. The number of nitrogens with one attached hydrogen (secondary N) is 1. The van der Waals surface area contributed by atoms with E-state index in [0.717, 1.165) is 5.92 Å². The largest absolute Gasteiger partial charge is 0.310 e. The molecule has 0 aromatic carbocycles. The van der Waals surface area contributed by atoms with E-state index in [1.807, 2.05) is 6.92 Å². The third-order valence-corrected chi connectivity index (χ3v) is 5.99. The Balaban J connectivity index is 2.40. The first-order valence-corrected chi connectivity index (χ1v) is 9.23. The Morgan fingerprint density at radius 3 is 2.17 bits per heavy atom. The van der Waals surface area contributed by atoms with Crippen LogP contribution in [0.1, 0.15) is 59.3 Å². The standard InChI is InChI=1S/C14H29NO2S/c1-4-18(16,17)11-12(2)15-13(3)14-9-7-5-6-8-10-14/h12-15H,4-11H2,1-3H3/t12?,13-/m0/s1. The molecule has 1 aliphatic rings. The molecule has 1 N–H and O–H groups in total. The maximum atomic E-state index is 11.6. The minimum Gasteiger partial charge on any atom is -0.310 e. The molecule has 1 saturated carbocycles. The zero-order valence-corrected chi connectivity index (χ0v) is 12.9. The Morgan fingerprint density at radius 2 is 1.67 bits per heavy atom. The second-order valence-electron chi connectivity index (χ2n) is 5.81. The highest BCUT2D eigenvalue weighted by Crippen LogP contribution is 2.25. The average Bonchev–Trinajstić information content (AvgIpc) is 2.56. The Morgan fingerprint density at radius 1 is 1.11 bits per heavy atom. The van der Waals surface area contributed by atoms with E-state index in [9.17, 15) is 8.42 Å². The molecule has 108 valence electrons. The molecule has 0 aromatic heterocycles. The quantitative estimate of drug-likeness (QED) is 0.758. The molecular weight excluding hydrogens is 246 g/mol. The lowest BCUT2D eigenvalue weighted by Crippen LogP contribution is -2.43. The summed E-state index contributed by atoms with van der Waals surface area (Å²) in [6.07, 6.45) is 7.98. The molecule has 2 atom stereocenters. The molecule has 0 aliphatic heterocycles. The van der Waals surface area contributed by atoms with E-state index in [0.29, 0.717) is 6.04 Å². The van der Waals surface area contributed by atoms with Gasteiger partial charge in [-0.15, -0.1) is 0 Å². The summed E-state index contributed by atoms with van der Waals surface area (Å²) < 4.78 is 23.2. The van der Waals surface area contributed by atoms with Crippen molar-refractivity contribution in [2.45, 2.75) is 71.4 Å². The molecule has 0 aromatic rings. The van der Waals surface area contributed by atoms with Gasteiger partial charge >= 0.3 is 0 Å². The predicted octanol–water partition coefficient (Wildman–Crippen LogP) is 2.76. The van der Waals surface area contributed by atoms with Crippen molar-refractivity contribution in [3.05, 3.63) is 0 Å². The highest BCUT2D eigenvalue weighted by atomic mass is 32.2. The van der Waals surface area contributed by atoms with Crippen LogP contribution in [0.25, 0.3) is 0 Å². The fourth-order valence-corrected chi connectivity index (χ4v) is 4.04. The summed E-state index contributed by atoms with van der Waals surface area (Å²) in [6, 6.07) is 0.498. The van der Waals surface area contributed by atoms with E-state index >= 15 is 0 Å². The van der Waals surface area contributed by atoms with Crippen LogP contribution >= 0.6 is 0 Å². The van der Waals surface area contributed by atoms with E-state index in [1.165, 1.54) is 38.5 Å². The minimum atomic E-state index is -2.86. The lowest BCUT2D eigenvalue weighted by molar-refractivity contribution is 0.321. The molecule has 0 spiro atoms. The summed E-state index contributed by atoms with van der Waals surface area (Å²) >= 11 is 0. The fourth-order valence-electron chi connectivity index (χ4n) is 2.94. The van der Waals surface area contributed by atoms with Crippen LogP contribution in [-0.4, -0.2) is 32.0 Å². The van der Waals surface area contributed by atoms with Crippen molar-refractivity contribution >= 4 is 9.84 Å². The van der Waals surface area contributed by atoms with Crippen molar-refractivity contribution in [2.75, 3.05) is 11.5 Å².